The topological polar surface area (TPSA) is 51.2 Å². The lowest BCUT2D eigenvalue weighted by molar-refractivity contribution is 0.0364. The van der Waals surface area contributed by atoms with Gasteiger partial charge >= 0.3 is 0 Å². The van der Waals surface area contributed by atoms with Gasteiger partial charge in [-0.2, -0.15) is 0 Å². The molecule has 0 spiro atoms. The lowest BCUT2D eigenvalue weighted by Crippen LogP contribution is -2.23. The SMILES string of the molecule is CCONC(=O)c1cnc(Cl)c(Br)c1. The van der Waals surface area contributed by atoms with E-state index in [0.29, 0.717) is 21.8 Å². The van der Waals surface area contributed by atoms with E-state index in [2.05, 4.69) is 26.4 Å². The standard InChI is InChI=1S/C8H8BrClN2O2/c1-2-14-12-8(13)5-3-6(9)7(10)11-4-5/h3-4H,2H2,1H3,(H,12,13). The van der Waals surface area contributed by atoms with Gasteiger partial charge in [0.15, 0.2) is 0 Å². The molecule has 1 aromatic rings. The molecular formula is C8H8BrClN2O2. The van der Waals surface area contributed by atoms with E-state index in [1.807, 2.05) is 0 Å². The van der Waals surface area contributed by atoms with E-state index in [1.54, 1.807) is 13.0 Å². The van der Waals surface area contributed by atoms with Gasteiger partial charge in [-0.3, -0.25) is 9.63 Å². The first-order valence-corrected chi connectivity index (χ1v) is 5.05. The molecule has 0 aliphatic rings. The van der Waals surface area contributed by atoms with Crippen molar-refractivity contribution in [1.82, 2.24) is 10.5 Å². The van der Waals surface area contributed by atoms with Crippen LogP contribution in [-0.2, 0) is 4.84 Å². The molecule has 0 unspecified atom stereocenters. The Kier molecular flexibility index (Phi) is 4.31. The van der Waals surface area contributed by atoms with E-state index in [0.717, 1.165) is 0 Å². The number of carbonyl (C=O) groups excluding carboxylic acids is 1. The van der Waals surface area contributed by atoms with Crippen LogP contribution in [0.2, 0.25) is 5.15 Å². The number of hydroxylamine groups is 1. The van der Waals surface area contributed by atoms with E-state index in [4.69, 9.17) is 16.4 Å². The van der Waals surface area contributed by atoms with E-state index < -0.39 is 0 Å². The average Bonchev–Trinajstić information content (AvgIpc) is 2.18. The molecule has 6 heteroatoms. The fourth-order valence-electron chi connectivity index (χ4n) is 0.742. The molecule has 0 aliphatic heterocycles. The molecule has 4 nitrogen and oxygen atoms in total. The zero-order chi connectivity index (χ0) is 10.6. The van der Waals surface area contributed by atoms with Crippen molar-refractivity contribution < 1.29 is 9.63 Å². The van der Waals surface area contributed by atoms with Gasteiger partial charge in [-0.25, -0.2) is 10.5 Å². The molecule has 1 N–H and O–H groups in total. The molecule has 0 saturated carbocycles. The van der Waals surface area contributed by atoms with Gasteiger partial charge in [0.1, 0.15) is 5.15 Å². The number of halogens is 2. The number of hydrogen-bond acceptors (Lipinski definition) is 3. The molecule has 0 aliphatic carbocycles. The predicted molar refractivity (Wildman–Crippen MR) is 56.0 cm³/mol. The van der Waals surface area contributed by atoms with Crippen LogP contribution in [0, 0.1) is 0 Å². The number of rotatable bonds is 3. The molecule has 14 heavy (non-hydrogen) atoms. The van der Waals surface area contributed by atoms with Crippen molar-refractivity contribution in [3.05, 3.63) is 27.5 Å². The molecule has 0 saturated heterocycles. The third-order valence-corrected chi connectivity index (χ3v) is 2.50. The maximum atomic E-state index is 11.3. The number of amides is 1. The summed E-state index contributed by atoms with van der Waals surface area (Å²) in [7, 11) is 0. The van der Waals surface area contributed by atoms with Crippen LogP contribution in [0.15, 0.2) is 16.7 Å². The Morgan fingerprint density at radius 1 is 1.79 bits per heavy atom. The first-order valence-electron chi connectivity index (χ1n) is 3.88. The van der Waals surface area contributed by atoms with Gasteiger partial charge in [-0.05, 0) is 28.9 Å². The van der Waals surface area contributed by atoms with Crippen LogP contribution >= 0.6 is 27.5 Å². The molecule has 1 heterocycles. The molecule has 1 aromatic heterocycles. The normalized spacial score (nSPS) is 9.93. The van der Waals surface area contributed by atoms with Gasteiger partial charge in [0.05, 0.1) is 16.6 Å². The number of pyridine rings is 1. The smallest absolute Gasteiger partial charge is 0.274 e. The second kappa shape index (κ2) is 5.29. The van der Waals surface area contributed by atoms with Gasteiger partial charge in [0.25, 0.3) is 5.91 Å². The summed E-state index contributed by atoms with van der Waals surface area (Å²) in [5, 5.41) is 0.318. The van der Waals surface area contributed by atoms with Crippen LogP contribution in [0.1, 0.15) is 17.3 Å². The van der Waals surface area contributed by atoms with Crippen molar-refractivity contribution in [2.45, 2.75) is 6.92 Å². The Hall–Kier alpha value is -0.650. The third kappa shape index (κ3) is 2.94. The van der Waals surface area contributed by atoms with Crippen LogP contribution < -0.4 is 5.48 Å². The minimum absolute atomic E-state index is 0.318. The third-order valence-electron chi connectivity index (χ3n) is 1.37. The van der Waals surface area contributed by atoms with Gasteiger partial charge in [-0.1, -0.05) is 11.6 Å². The lowest BCUT2D eigenvalue weighted by Gasteiger charge is -2.03. The molecule has 0 radical (unpaired) electrons. The van der Waals surface area contributed by atoms with E-state index >= 15 is 0 Å². The van der Waals surface area contributed by atoms with E-state index in [9.17, 15) is 4.79 Å². The summed E-state index contributed by atoms with van der Waals surface area (Å²) < 4.78 is 0.573. The summed E-state index contributed by atoms with van der Waals surface area (Å²) in [6.45, 7) is 2.18. The Morgan fingerprint density at radius 2 is 2.50 bits per heavy atom. The fourth-order valence-corrected chi connectivity index (χ4v) is 1.19. The highest BCUT2D eigenvalue weighted by Crippen LogP contribution is 2.20. The molecular weight excluding hydrogens is 271 g/mol. The summed E-state index contributed by atoms with van der Waals surface area (Å²) in [4.78, 5) is 19.9. The molecule has 0 bridgehead atoms. The van der Waals surface area contributed by atoms with Gasteiger partial charge < -0.3 is 0 Å². The lowest BCUT2D eigenvalue weighted by atomic mass is 10.3. The highest BCUT2D eigenvalue weighted by atomic mass is 79.9. The molecule has 76 valence electrons. The van der Waals surface area contributed by atoms with E-state index in [-0.39, 0.29) is 5.91 Å². The number of hydrogen-bond donors (Lipinski definition) is 1. The van der Waals surface area contributed by atoms with Crippen LogP contribution in [0.25, 0.3) is 0 Å². The highest BCUT2D eigenvalue weighted by molar-refractivity contribution is 9.10. The summed E-state index contributed by atoms with van der Waals surface area (Å²) in [6, 6.07) is 1.57. The van der Waals surface area contributed by atoms with Crippen LogP contribution in [0.3, 0.4) is 0 Å². The first kappa shape index (κ1) is 11.4. The number of nitrogens with one attached hydrogen (secondary N) is 1. The second-order valence-electron chi connectivity index (χ2n) is 2.36. The summed E-state index contributed by atoms with van der Waals surface area (Å²) in [5.74, 6) is -0.350. The predicted octanol–water partition coefficient (Wildman–Crippen LogP) is 2.18. The summed E-state index contributed by atoms with van der Waals surface area (Å²) in [6.07, 6.45) is 1.38. The zero-order valence-electron chi connectivity index (χ0n) is 7.38. The van der Waals surface area contributed by atoms with Crippen LogP contribution in [0.4, 0.5) is 0 Å². The van der Waals surface area contributed by atoms with Crippen molar-refractivity contribution in [3.63, 3.8) is 0 Å². The van der Waals surface area contributed by atoms with Gasteiger partial charge in [0.2, 0.25) is 0 Å². The maximum Gasteiger partial charge on any atom is 0.276 e. The second-order valence-corrected chi connectivity index (χ2v) is 3.57. The maximum absolute atomic E-state index is 11.3. The van der Waals surface area contributed by atoms with Gasteiger partial charge in [0, 0.05) is 6.20 Å². The number of carbonyl (C=O) groups is 1. The minimum atomic E-state index is -0.350. The van der Waals surface area contributed by atoms with Crippen LogP contribution in [0.5, 0.6) is 0 Å². The largest absolute Gasteiger partial charge is 0.276 e. The Labute approximate surface area is 94.7 Å². The Balaban J connectivity index is 2.76. The number of nitrogens with zero attached hydrogens (tertiary/aromatic N) is 1. The highest BCUT2D eigenvalue weighted by Gasteiger charge is 2.08. The van der Waals surface area contributed by atoms with E-state index in [1.165, 1.54) is 6.20 Å². The molecule has 0 atom stereocenters. The summed E-state index contributed by atoms with van der Waals surface area (Å²) >= 11 is 8.84. The molecule has 0 fully saturated rings. The molecule has 0 aromatic carbocycles. The van der Waals surface area contributed by atoms with Crippen molar-refractivity contribution in [3.8, 4) is 0 Å². The molecule has 1 amide bonds. The Morgan fingerprint density at radius 3 is 3.07 bits per heavy atom. The minimum Gasteiger partial charge on any atom is -0.274 e. The van der Waals surface area contributed by atoms with Gasteiger partial charge in [-0.15, -0.1) is 0 Å². The molecule has 1 rings (SSSR count). The van der Waals surface area contributed by atoms with Crippen molar-refractivity contribution in [2.75, 3.05) is 6.61 Å². The van der Waals surface area contributed by atoms with Crippen LogP contribution in [-0.4, -0.2) is 17.5 Å². The Bertz CT molecular complexity index is 346. The first-order chi connectivity index (χ1) is 6.65. The average molecular weight is 280 g/mol. The van der Waals surface area contributed by atoms with Crippen molar-refractivity contribution in [2.24, 2.45) is 0 Å². The zero-order valence-corrected chi connectivity index (χ0v) is 9.72. The monoisotopic (exact) mass is 278 g/mol. The van der Waals surface area contributed by atoms with Crippen molar-refractivity contribution in [1.29, 1.82) is 0 Å². The number of aromatic nitrogens is 1. The van der Waals surface area contributed by atoms with Crippen molar-refractivity contribution >= 4 is 33.4 Å². The summed E-state index contributed by atoms with van der Waals surface area (Å²) in [5.41, 5.74) is 2.64. The quantitative estimate of drug-likeness (QED) is 0.681. The fraction of sp³-hybridized carbons (Fsp3) is 0.250.